The third kappa shape index (κ3) is 3.53. The fraction of sp³-hybridized carbons (Fsp3) is 0.500. The minimum absolute atomic E-state index is 0.0615. The second-order valence-electron chi connectivity index (χ2n) is 5.89. The van der Waals surface area contributed by atoms with E-state index in [0.717, 1.165) is 0 Å². The molecule has 0 unspecified atom stereocenters. The zero-order chi connectivity index (χ0) is 14.9. The standard InChI is InChI=1S/C14H19FN2O3/c1-14(2,3)20-13(19)17-7-10(8-17)16-9-4-5-12(18)11(15)6-9/h4-6,10,16,18H,7-8H2,1-3H3. The van der Waals surface area contributed by atoms with E-state index in [2.05, 4.69) is 5.32 Å². The van der Waals surface area contributed by atoms with Crippen LogP contribution in [0.25, 0.3) is 0 Å². The lowest BCUT2D eigenvalue weighted by Crippen LogP contribution is -2.57. The molecule has 1 fully saturated rings. The van der Waals surface area contributed by atoms with Gasteiger partial charge in [-0.25, -0.2) is 9.18 Å². The van der Waals surface area contributed by atoms with Crippen molar-refractivity contribution < 1.29 is 19.0 Å². The van der Waals surface area contributed by atoms with E-state index >= 15 is 0 Å². The van der Waals surface area contributed by atoms with Crippen LogP contribution in [0.3, 0.4) is 0 Å². The van der Waals surface area contributed by atoms with Crippen LogP contribution in [-0.4, -0.2) is 40.8 Å². The number of phenolic OH excluding ortho intramolecular Hbond substituents is 1. The van der Waals surface area contributed by atoms with Gasteiger partial charge < -0.3 is 20.1 Å². The monoisotopic (exact) mass is 282 g/mol. The summed E-state index contributed by atoms with van der Waals surface area (Å²) in [5.41, 5.74) is 0.0736. The molecule has 1 aliphatic rings. The summed E-state index contributed by atoms with van der Waals surface area (Å²) < 4.78 is 18.4. The number of halogens is 1. The number of benzene rings is 1. The summed E-state index contributed by atoms with van der Waals surface area (Å²) in [7, 11) is 0. The molecule has 1 saturated heterocycles. The maximum Gasteiger partial charge on any atom is 0.410 e. The average molecular weight is 282 g/mol. The molecule has 5 nitrogen and oxygen atoms in total. The van der Waals surface area contributed by atoms with E-state index in [9.17, 15) is 9.18 Å². The highest BCUT2D eigenvalue weighted by atomic mass is 19.1. The number of hydrogen-bond donors (Lipinski definition) is 2. The Bertz CT molecular complexity index is 508. The molecule has 0 aliphatic carbocycles. The number of amides is 1. The van der Waals surface area contributed by atoms with Crippen LogP contribution in [0.4, 0.5) is 14.9 Å². The van der Waals surface area contributed by atoms with E-state index in [4.69, 9.17) is 9.84 Å². The summed E-state index contributed by atoms with van der Waals surface area (Å²) in [4.78, 5) is 13.3. The van der Waals surface area contributed by atoms with Gasteiger partial charge >= 0.3 is 6.09 Å². The number of nitrogens with zero attached hydrogens (tertiary/aromatic N) is 1. The number of anilines is 1. The lowest BCUT2D eigenvalue weighted by molar-refractivity contribution is 0.0105. The third-order valence-corrected chi connectivity index (χ3v) is 2.85. The van der Waals surface area contributed by atoms with Crippen molar-refractivity contribution in [1.29, 1.82) is 0 Å². The van der Waals surface area contributed by atoms with E-state index in [1.54, 1.807) is 11.0 Å². The Morgan fingerprint density at radius 1 is 1.45 bits per heavy atom. The van der Waals surface area contributed by atoms with Gasteiger partial charge in [0.05, 0.1) is 6.04 Å². The van der Waals surface area contributed by atoms with Crippen molar-refractivity contribution >= 4 is 11.8 Å². The Kier molecular flexibility index (Phi) is 3.74. The Morgan fingerprint density at radius 3 is 2.65 bits per heavy atom. The molecule has 0 spiro atoms. The number of phenols is 1. The topological polar surface area (TPSA) is 61.8 Å². The number of carbonyl (C=O) groups is 1. The predicted molar refractivity (Wildman–Crippen MR) is 73.3 cm³/mol. The highest BCUT2D eigenvalue weighted by molar-refractivity contribution is 5.69. The summed E-state index contributed by atoms with van der Waals surface area (Å²) in [6, 6.07) is 4.17. The van der Waals surface area contributed by atoms with Crippen LogP contribution in [0.2, 0.25) is 0 Å². The molecule has 0 atom stereocenters. The van der Waals surface area contributed by atoms with E-state index in [0.29, 0.717) is 18.8 Å². The summed E-state index contributed by atoms with van der Waals surface area (Å²) in [5.74, 6) is -1.04. The van der Waals surface area contributed by atoms with Gasteiger partial charge in [0.2, 0.25) is 0 Å². The van der Waals surface area contributed by atoms with Crippen LogP contribution in [0.1, 0.15) is 20.8 Å². The van der Waals surface area contributed by atoms with Crippen LogP contribution >= 0.6 is 0 Å². The van der Waals surface area contributed by atoms with Crippen molar-refractivity contribution in [3.8, 4) is 5.75 Å². The minimum Gasteiger partial charge on any atom is -0.505 e. The van der Waals surface area contributed by atoms with Crippen LogP contribution in [0.15, 0.2) is 18.2 Å². The van der Waals surface area contributed by atoms with Crippen molar-refractivity contribution in [2.75, 3.05) is 18.4 Å². The molecule has 0 radical (unpaired) electrons. The van der Waals surface area contributed by atoms with Crippen molar-refractivity contribution in [1.82, 2.24) is 4.90 Å². The average Bonchev–Trinajstić information content (AvgIpc) is 2.25. The molecular formula is C14H19FN2O3. The van der Waals surface area contributed by atoms with Gasteiger partial charge in [-0.05, 0) is 32.9 Å². The number of hydrogen-bond acceptors (Lipinski definition) is 4. The van der Waals surface area contributed by atoms with Gasteiger partial charge in [0, 0.05) is 24.8 Å². The number of aromatic hydroxyl groups is 1. The number of likely N-dealkylation sites (tertiary alicyclic amines) is 1. The van der Waals surface area contributed by atoms with Gasteiger partial charge in [-0.3, -0.25) is 0 Å². The lowest BCUT2D eigenvalue weighted by Gasteiger charge is -2.40. The van der Waals surface area contributed by atoms with E-state index in [-0.39, 0.29) is 17.9 Å². The van der Waals surface area contributed by atoms with Crippen LogP contribution in [0.5, 0.6) is 5.75 Å². The van der Waals surface area contributed by atoms with Gasteiger partial charge in [-0.15, -0.1) is 0 Å². The second kappa shape index (κ2) is 5.19. The summed E-state index contributed by atoms with van der Waals surface area (Å²) in [5, 5.41) is 12.2. The van der Waals surface area contributed by atoms with Gasteiger partial charge in [-0.1, -0.05) is 0 Å². The van der Waals surface area contributed by atoms with E-state index < -0.39 is 11.4 Å². The lowest BCUT2D eigenvalue weighted by atomic mass is 10.1. The van der Waals surface area contributed by atoms with E-state index in [1.165, 1.54) is 12.1 Å². The van der Waals surface area contributed by atoms with Gasteiger partial charge in [0.15, 0.2) is 11.6 Å². The number of ether oxygens (including phenoxy) is 1. The highest BCUT2D eigenvalue weighted by Crippen LogP contribution is 2.22. The quantitative estimate of drug-likeness (QED) is 0.818. The van der Waals surface area contributed by atoms with Crippen molar-refractivity contribution in [2.45, 2.75) is 32.4 Å². The molecule has 110 valence electrons. The zero-order valence-corrected chi connectivity index (χ0v) is 11.8. The molecule has 2 N–H and O–H groups in total. The molecule has 1 heterocycles. The maximum atomic E-state index is 13.2. The first kappa shape index (κ1) is 14.4. The second-order valence-corrected chi connectivity index (χ2v) is 5.89. The van der Waals surface area contributed by atoms with Crippen molar-refractivity contribution in [3.63, 3.8) is 0 Å². The van der Waals surface area contributed by atoms with Gasteiger partial charge in [-0.2, -0.15) is 0 Å². The largest absolute Gasteiger partial charge is 0.505 e. The normalized spacial score (nSPS) is 15.7. The number of carbonyl (C=O) groups excluding carboxylic acids is 1. The van der Waals surface area contributed by atoms with Crippen molar-refractivity contribution in [3.05, 3.63) is 24.0 Å². The molecule has 1 aliphatic heterocycles. The maximum absolute atomic E-state index is 13.2. The Hall–Kier alpha value is -1.98. The van der Waals surface area contributed by atoms with Crippen LogP contribution in [-0.2, 0) is 4.74 Å². The Morgan fingerprint density at radius 2 is 2.10 bits per heavy atom. The first-order valence-electron chi connectivity index (χ1n) is 6.47. The number of rotatable bonds is 2. The highest BCUT2D eigenvalue weighted by Gasteiger charge is 2.33. The Labute approximate surface area is 117 Å². The fourth-order valence-electron chi connectivity index (χ4n) is 1.88. The van der Waals surface area contributed by atoms with Gasteiger partial charge in [0.1, 0.15) is 5.60 Å². The first-order valence-corrected chi connectivity index (χ1v) is 6.47. The Balaban J connectivity index is 1.82. The van der Waals surface area contributed by atoms with Crippen molar-refractivity contribution in [2.24, 2.45) is 0 Å². The minimum atomic E-state index is -0.668. The molecule has 1 amide bonds. The summed E-state index contributed by atoms with van der Waals surface area (Å²) in [6.45, 7) is 6.48. The smallest absolute Gasteiger partial charge is 0.410 e. The molecule has 0 bridgehead atoms. The third-order valence-electron chi connectivity index (χ3n) is 2.85. The van der Waals surface area contributed by atoms with E-state index in [1.807, 2.05) is 20.8 Å². The molecule has 0 aromatic heterocycles. The fourth-order valence-corrected chi connectivity index (χ4v) is 1.88. The molecule has 1 aromatic rings. The van der Waals surface area contributed by atoms with Crippen LogP contribution in [0, 0.1) is 5.82 Å². The van der Waals surface area contributed by atoms with Crippen LogP contribution < -0.4 is 5.32 Å². The summed E-state index contributed by atoms with van der Waals surface area (Å²) >= 11 is 0. The SMILES string of the molecule is CC(C)(C)OC(=O)N1CC(Nc2ccc(O)c(F)c2)C1. The molecule has 1 aromatic carbocycles. The molecular weight excluding hydrogens is 263 g/mol. The summed E-state index contributed by atoms with van der Waals surface area (Å²) in [6.07, 6.45) is -0.340. The molecule has 20 heavy (non-hydrogen) atoms. The zero-order valence-electron chi connectivity index (χ0n) is 11.8. The molecule has 0 saturated carbocycles. The van der Waals surface area contributed by atoms with Gasteiger partial charge in [0.25, 0.3) is 0 Å². The first-order chi connectivity index (χ1) is 9.24. The predicted octanol–water partition coefficient (Wildman–Crippen LogP) is 2.56. The molecule has 2 rings (SSSR count). The molecule has 6 heteroatoms. The number of nitrogens with one attached hydrogen (secondary N) is 1.